The Kier molecular flexibility index (Phi) is 6.30. The topological polar surface area (TPSA) is 58.6 Å². The molecule has 0 radical (unpaired) electrons. The summed E-state index contributed by atoms with van der Waals surface area (Å²) in [5, 5.41) is 12.7. The van der Waals surface area contributed by atoms with Crippen molar-refractivity contribution in [2.45, 2.75) is 39.2 Å². The van der Waals surface area contributed by atoms with Crippen LogP contribution < -0.4 is 5.32 Å². The SMILES string of the molecule is CCOCC1(CNC(=O)c2cccc(-c3ccc(C(C)O)cc3)c2)CCC1. The highest BCUT2D eigenvalue weighted by Gasteiger charge is 2.37. The van der Waals surface area contributed by atoms with Gasteiger partial charge in [0.05, 0.1) is 12.7 Å². The first-order chi connectivity index (χ1) is 13.0. The van der Waals surface area contributed by atoms with E-state index < -0.39 is 6.10 Å². The third kappa shape index (κ3) is 4.76. The van der Waals surface area contributed by atoms with Crippen LogP contribution in [0.25, 0.3) is 11.1 Å². The van der Waals surface area contributed by atoms with Crippen LogP contribution in [0, 0.1) is 5.41 Å². The zero-order chi connectivity index (χ0) is 19.3. The van der Waals surface area contributed by atoms with E-state index >= 15 is 0 Å². The highest BCUT2D eigenvalue weighted by molar-refractivity contribution is 5.95. The Morgan fingerprint density at radius 1 is 1.19 bits per heavy atom. The molecule has 1 unspecified atom stereocenters. The van der Waals surface area contributed by atoms with Crippen LogP contribution in [-0.4, -0.2) is 30.8 Å². The van der Waals surface area contributed by atoms with E-state index in [0.29, 0.717) is 18.7 Å². The number of ether oxygens (including phenoxy) is 1. The van der Waals surface area contributed by atoms with Crippen LogP contribution in [0.4, 0.5) is 0 Å². The number of nitrogens with one attached hydrogen (secondary N) is 1. The molecule has 0 heterocycles. The number of amides is 1. The van der Waals surface area contributed by atoms with Gasteiger partial charge >= 0.3 is 0 Å². The van der Waals surface area contributed by atoms with E-state index in [9.17, 15) is 9.90 Å². The van der Waals surface area contributed by atoms with Gasteiger partial charge in [0.15, 0.2) is 0 Å². The van der Waals surface area contributed by atoms with E-state index in [0.717, 1.165) is 36.1 Å². The molecule has 4 heteroatoms. The summed E-state index contributed by atoms with van der Waals surface area (Å²) in [5.74, 6) is -0.0415. The third-order valence-corrected chi connectivity index (χ3v) is 5.50. The molecule has 0 aliphatic heterocycles. The molecular formula is C23H29NO3. The molecule has 27 heavy (non-hydrogen) atoms. The molecule has 2 aromatic carbocycles. The predicted octanol–water partition coefficient (Wildman–Crippen LogP) is 4.34. The lowest BCUT2D eigenvalue weighted by Gasteiger charge is -2.41. The Morgan fingerprint density at radius 3 is 2.52 bits per heavy atom. The second-order valence-corrected chi connectivity index (χ2v) is 7.55. The molecule has 0 spiro atoms. The molecule has 2 N–H and O–H groups in total. The van der Waals surface area contributed by atoms with Gasteiger partial charge in [-0.3, -0.25) is 4.79 Å². The Morgan fingerprint density at radius 2 is 1.93 bits per heavy atom. The first-order valence-electron chi connectivity index (χ1n) is 9.77. The molecule has 1 aliphatic carbocycles. The number of carbonyl (C=O) groups excluding carboxylic acids is 1. The minimum absolute atomic E-state index is 0.0415. The minimum Gasteiger partial charge on any atom is -0.389 e. The number of hydrogen-bond acceptors (Lipinski definition) is 3. The van der Waals surface area contributed by atoms with Gasteiger partial charge in [-0.25, -0.2) is 0 Å². The number of carbonyl (C=O) groups is 1. The summed E-state index contributed by atoms with van der Waals surface area (Å²) in [4.78, 5) is 12.6. The molecular weight excluding hydrogens is 338 g/mol. The third-order valence-electron chi connectivity index (χ3n) is 5.50. The van der Waals surface area contributed by atoms with Gasteiger partial charge in [-0.15, -0.1) is 0 Å². The van der Waals surface area contributed by atoms with Crippen LogP contribution in [0.3, 0.4) is 0 Å². The van der Waals surface area contributed by atoms with Crippen molar-refractivity contribution in [3.8, 4) is 11.1 Å². The fourth-order valence-corrected chi connectivity index (χ4v) is 3.53. The fraction of sp³-hybridized carbons (Fsp3) is 0.435. The smallest absolute Gasteiger partial charge is 0.251 e. The van der Waals surface area contributed by atoms with E-state index in [1.54, 1.807) is 6.92 Å². The summed E-state index contributed by atoms with van der Waals surface area (Å²) >= 11 is 0. The fourth-order valence-electron chi connectivity index (χ4n) is 3.53. The van der Waals surface area contributed by atoms with Gasteiger partial charge in [0, 0.05) is 24.1 Å². The number of benzene rings is 2. The van der Waals surface area contributed by atoms with Crippen molar-refractivity contribution >= 4 is 5.91 Å². The van der Waals surface area contributed by atoms with E-state index in [4.69, 9.17) is 4.74 Å². The highest BCUT2D eigenvalue weighted by Crippen LogP contribution is 2.40. The van der Waals surface area contributed by atoms with Crippen molar-refractivity contribution in [2.24, 2.45) is 5.41 Å². The summed E-state index contributed by atoms with van der Waals surface area (Å²) in [6.45, 7) is 5.86. The lowest BCUT2D eigenvalue weighted by atomic mass is 9.69. The molecule has 3 rings (SSSR count). The van der Waals surface area contributed by atoms with Crippen molar-refractivity contribution in [3.63, 3.8) is 0 Å². The van der Waals surface area contributed by atoms with Crippen LogP contribution in [0.15, 0.2) is 48.5 Å². The van der Waals surface area contributed by atoms with Crippen molar-refractivity contribution in [1.29, 1.82) is 0 Å². The second-order valence-electron chi connectivity index (χ2n) is 7.55. The summed E-state index contributed by atoms with van der Waals surface area (Å²) in [6, 6.07) is 15.5. The predicted molar refractivity (Wildman–Crippen MR) is 108 cm³/mol. The normalized spacial score (nSPS) is 16.4. The average molecular weight is 367 g/mol. The molecule has 1 fully saturated rings. The summed E-state index contributed by atoms with van der Waals surface area (Å²) in [5.41, 5.74) is 3.68. The first-order valence-corrected chi connectivity index (χ1v) is 9.77. The summed E-state index contributed by atoms with van der Waals surface area (Å²) < 4.78 is 5.61. The van der Waals surface area contributed by atoms with E-state index in [2.05, 4.69) is 5.32 Å². The van der Waals surface area contributed by atoms with E-state index in [1.807, 2.05) is 55.5 Å². The first kappa shape index (κ1) is 19.6. The molecule has 144 valence electrons. The summed E-state index contributed by atoms with van der Waals surface area (Å²) in [6.07, 6.45) is 2.96. The van der Waals surface area contributed by atoms with Crippen molar-refractivity contribution in [3.05, 3.63) is 59.7 Å². The number of hydrogen-bond donors (Lipinski definition) is 2. The van der Waals surface area contributed by atoms with Gasteiger partial charge in [-0.1, -0.05) is 42.8 Å². The Labute approximate surface area is 161 Å². The van der Waals surface area contributed by atoms with Crippen molar-refractivity contribution in [2.75, 3.05) is 19.8 Å². The molecule has 1 saturated carbocycles. The molecule has 1 aliphatic rings. The molecule has 0 saturated heterocycles. The van der Waals surface area contributed by atoms with E-state index in [-0.39, 0.29) is 11.3 Å². The number of aliphatic hydroxyl groups is 1. The molecule has 2 aromatic rings. The standard InChI is InChI=1S/C23H29NO3/c1-3-27-16-23(12-5-13-23)15-24-22(26)21-7-4-6-20(14-21)19-10-8-18(9-11-19)17(2)25/h4,6-11,14,17,25H,3,5,12-13,15-16H2,1-2H3,(H,24,26). The maximum Gasteiger partial charge on any atom is 0.251 e. The lowest BCUT2D eigenvalue weighted by Crippen LogP contribution is -2.45. The molecule has 0 bridgehead atoms. The molecule has 1 amide bonds. The maximum atomic E-state index is 12.6. The number of rotatable bonds is 8. The average Bonchev–Trinajstić information content (AvgIpc) is 2.67. The zero-order valence-corrected chi connectivity index (χ0v) is 16.2. The van der Waals surface area contributed by atoms with Gasteiger partial charge in [-0.2, -0.15) is 0 Å². The maximum absolute atomic E-state index is 12.6. The van der Waals surface area contributed by atoms with Gasteiger partial charge in [0.1, 0.15) is 0 Å². The van der Waals surface area contributed by atoms with Crippen molar-refractivity contribution in [1.82, 2.24) is 5.32 Å². The van der Waals surface area contributed by atoms with Crippen LogP contribution in [0.1, 0.15) is 55.1 Å². The van der Waals surface area contributed by atoms with Crippen LogP contribution >= 0.6 is 0 Å². The number of aliphatic hydroxyl groups excluding tert-OH is 1. The molecule has 4 nitrogen and oxygen atoms in total. The van der Waals surface area contributed by atoms with Crippen molar-refractivity contribution < 1.29 is 14.6 Å². The summed E-state index contributed by atoms with van der Waals surface area (Å²) in [7, 11) is 0. The van der Waals surface area contributed by atoms with Gasteiger partial charge in [-0.05, 0) is 55.5 Å². The largest absolute Gasteiger partial charge is 0.389 e. The Bertz CT molecular complexity index is 763. The highest BCUT2D eigenvalue weighted by atomic mass is 16.5. The minimum atomic E-state index is -0.480. The van der Waals surface area contributed by atoms with E-state index in [1.165, 1.54) is 6.42 Å². The van der Waals surface area contributed by atoms with Crippen LogP contribution in [-0.2, 0) is 4.74 Å². The van der Waals surface area contributed by atoms with Crippen LogP contribution in [0.5, 0.6) is 0 Å². The lowest BCUT2D eigenvalue weighted by molar-refractivity contribution is -0.000182. The van der Waals surface area contributed by atoms with Gasteiger partial charge in [0.2, 0.25) is 0 Å². The molecule has 1 atom stereocenters. The second kappa shape index (κ2) is 8.68. The molecule has 0 aromatic heterocycles. The van der Waals surface area contributed by atoms with Gasteiger partial charge < -0.3 is 15.2 Å². The quantitative estimate of drug-likeness (QED) is 0.729. The van der Waals surface area contributed by atoms with Gasteiger partial charge in [0.25, 0.3) is 5.91 Å². The Balaban J connectivity index is 1.66. The van der Waals surface area contributed by atoms with Crippen LogP contribution in [0.2, 0.25) is 0 Å². The Hall–Kier alpha value is -2.17. The zero-order valence-electron chi connectivity index (χ0n) is 16.2. The monoisotopic (exact) mass is 367 g/mol.